The van der Waals surface area contributed by atoms with Gasteiger partial charge in [0, 0.05) is 23.7 Å². The van der Waals surface area contributed by atoms with Gasteiger partial charge in [-0.2, -0.15) is 0 Å². The number of allylic oxidation sites excluding steroid dienone is 1. The van der Waals surface area contributed by atoms with Gasteiger partial charge in [-0.3, -0.25) is 0 Å². The summed E-state index contributed by atoms with van der Waals surface area (Å²) < 4.78 is 8.07. The molecule has 3 aromatic carbocycles. The van der Waals surface area contributed by atoms with Gasteiger partial charge in [-0.25, -0.2) is 0 Å². The SMILES string of the molecule is C=CCn1c(CCCOc2ccc(Cl)cc2C)nnc1SCc1cccc2ccccc12. The topological polar surface area (TPSA) is 39.9 Å². The Morgan fingerprint density at radius 3 is 2.78 bits per heavy atom. The first-order valence-electron chi connectivity index (χ1n) is 10.7. The molecule has 0 aliphatic carbocycles. The van der Waals surface area contributed by atoms with Crippen LogP contribution in [-0.4, -0.2) is 21.4 Å². The molecule has 0 atom stereocenters. The van der Waals surface area contributed by atoms with Crippen LogP contribution in [0.25, 0.3) is 10.8 Å². The molecule has 0 fully saturated rings. The molecule has 0 spiro atoms. The molecule has 4 aromatic rings. The maximum Gasteiger partial charge on any atom is 0.191 e. The predicted octanol–water partition coefficient (Wildman–Crippen LogP) is 6.88. The number of aromatic nitrogens is 3. The average Bonchev–Trinajstić information content (AvgIpc) is 3.18. The maximum atomic E-state index is 6.02. The summed E-state index contributed by atoms with van der Waals surface area (Å²) >= 11 is 7.73. The molecule has 0 amide bonds. The molecule has 1 heterocycles. The Morgan fingerprint density at radius 2 is 1.94 bits per heavy atom. The summed E-state index contributed by atoms with van der Waals surface area (Å²) in [5.74, 6) is 2.67. The number of aryl methyl sites for hydroxylation is 2. The van der Waals surface area contributed by atoms with Gasteiger partial charge >= 0.3 is 0 Å². The number of benzene rings is 3. The van der Waals surface area contributed by atoms with Crippen molar-refractivity contribution in [1.29, 1.82) is 0 Å². The standard InChI is InChI=1S/C26H26ClN3OS/c1-3-15-30-25(12-7-16-31-24-14-13-22(27)17-19(24)2)28-29-26(30)32-18-21-10-6-9-20-8-4-5-11-23(20)21/h3-6,8-11,13-14,17H,1,7,12,15-16,18H2,2H3. The van der Waals surface area contributed by atoms with E-state index in [1.54, 1.807) is 11.8 Å². The van der Waals surface area contributed by atoms with Gasteiger partial charge in [-0.1, -0.05) is 71.9 Å². The molecule has 32 heavy (non-hydrogen) atoms. The second-order valence-corrected chi connectivity index (χ2v) is 8.97. The third-order valence-electron chi connectivity index (χ3n) is 5.28. The molecule has 0 N–H and O–H groups in total. The fraction of sp³-hybridized carbons (Fsp3) is 0.231. The molecular weight excluding hydrogens is 438 g/mol. The Kier molecular flexibility index (Phi) is 7.51. The molecule has 0 bridgehead atoms. The molecule has 1 aromatic heterocycles. The smallest absolute Gasteiger partial charge is 0.191 e. The molecule has 0 radical (unpaired) electrons. The number of fused-ring (bicyclic) bond motifs is 1. The van der Waals surface area contributed by atoms with Gasteiger partial charge in [0.2, 0.25) is 0 Å². The molecule has 4 rings (SSSR count). The van der Waals surface area contributed by atoms with Crippen molar-refractivity contribution in [1.82, 2.24) is 14.8 Å². The number of rotatable bonds is 10. The van der Waals surface area contributed by atoms with E-state index in [4.69, 9.17) is 16.3 Å². The number of halogens is 1. The van der Waals surface area contributed by atoms with Crippen molar-refractivity contribution in [2.75, 3.05) is 6.61 Å². The molecule has 0 aliphatic heterocycles. The van der Waals surface area contributed by atoms with Gasteiger partial charge in [0.05, 0.1) is 6.61 Å². The Hall–Kier alpha value is -2.76. The van der Waals surface area contributed by atoms with Gasteiger partial charge in [-0.05, 0) is 53.4 Å². The Morgan fingerprint density at radius 1 is 1.09 bits per heavy atom. The molecule has 0 saturated carbocycles. The van der Waals surface area contributed by atoms with Crippen molar-refractivity contribution in [2.45, 2.75) is 37.2 Å². The quantitative estimate of drug-likeness (QED) is 0.146. The second-order valence-electron chi connectivity index (χ2n) is 7.59. The van der Waals surface area contributed by atoms with E-state index in [-0.39, 0.29) is 0 Å². The van der Waals surface area contributed by atoms with Crippen molar-refractivity contribution in [2.24, 2.45) is 0 Å². The Bertz CT molecular complexity index is 1220. The molecule has 6 heteroatoms. The van der Waals surface area contributed by atoms with Gasteiger partial charge in [-0.15, -0.1) is 16.8 Å². The highest BCUT2D eigenvalue weighted by Crippen LogP contribution is 2.27. The van der Waals surface area contributed by atoms with Crippen LogP contribution in [-0.2, 0) is 18.7 Å². The van der Waals surface area contributed by atoms with Crippen LogP contribution in [0, 0.1) is 6.92 Å². The molecule has 0 saturated heterocycles. The van der Waals surface area contributed by atoms with Crippen LogP contribution >= 0.6 is 23.4 Å². The van der Waals surface area contributed by atoms with Crippen molar-refractivity contribution in [3.05, 3.63) is 95.3 Å². The zero-order valence-corrected chi connectivity index (χ0v) is 19.7. The number of thioether (sulfide) groups is 1. The van der Waals surface area contributed by atoms with E-state index < -0.39 is 0 Å². The minimum Gasteiger partial charge on any atom is -0.493 e. The summed E-state index contributed by atoms with van der Waals surface area (Å²) in [7, 11) is 0. The first kappa shape index (κ1) is 22.4. The maximum absolute atomic E-state index is 6.02. The second kappa shape index (κ2) is 10.7. The van der Waals surface area contributed by atoms with Crippen LogP contribution in [0.5, 0.6) is 5.75 Å². The van der Waals surface area contributed by atoms with Gasteiger partial charge in [0.25, 0.3) is 0 Å². The highest BCUT2D eigenvalue weighted by molar-refractivity contribution is 7.98. The number of hydrogen-bond acceptors (Lipinski definition) is 4. The minimum absolute atomic E-state index is 0.613. The third-order valence-corrected chi connectivity index (χ3v) is 6.53. The van der Waals surface area contributed by atoms with E-state index in [1.807, 2.05) is 31.2 Å². The van der Waals surface area contributed by atoms with Gasteiger partial charge in [0.15, 0.2) is 5.16 Å². The summed E-state index contributed by atoms with van der Waals surface area (Å²) in [6, 6.07) is 20.6. The Labute approximate surface area is 198 Å². The highest BCUT2D eigenvalue weighted by atomic mass is 35.5. The fourth-order valence-corrected chi connectivity index (χ4v) is 4.87. The van der Waals surface area contributed by atoms with E-state index in [0.717, 1.165) is 45.9 Å². The van der Waals surface area contributed by atoms with Crippen molar-refractivity contribution in [3.63, 3.8) is 0 Å². The third kappa shape index (κ3) is 5.34. The van der Waals surface area contributed by atoms with Crippen molar-refractivity contribution in [3.8, 4) is 5.75 Å². The number of hydrogen-bond donors (Lipinski definition) is 0. The highest BCUT2D eigenvalue weighted by Gasteiger charge is 2.13. The first-order chi connectivity index (χ1) is 15.7. The van der Waals surface area contributed by atoms with Gasteiger partial charge < -0.3 is 9.30 Å². The minimum atomic E-state index is 0.613. The fourth-order valence-electron chi connectivity index (χ4n) is 3.67. The van der Waals surface area contributed by atoms with Gasteiger partial charge in [0.1, 0.15) is 11.6 Å². The Balaban J connectivity index is 1.39. The summed E-state index contributed by atoms with van der Waals surface area (Å²) in [6.45, 7) is 7.21. The van der Waals surface area contributed by atoms with Crippen LogP contribution in [0.15, 0.2) is 78.5 Å². The van der Waals surface area contributed by atoms with Crippen molar-refractivity contribution < 1.29 is 4.74 Å². The van der Waals surface area contributed by atoms with Crippen LogP contribution in [0.1, 0.15) is 23.4 Å². The van der Waals surface area contributed by atoms with E-state index in [2.05, 4.69) is 63.8 Å². The van der Waals surface area contributed by atoms with Crippen LogP contribution < -0.4 is 4.74 Å². The largest absolute Gasteiger partial charge is 0.493 e. The molecule has 0 aliphatic rings. The normalized spacial score (nSPS) is 11.1. The zero-order chi connectivity index (χ0) is 22.3. The number of nitrogens with zero attached hydrogens (tertiary/aromatic N) is 3. The molecular formula is C26H26ClN3OS. The van der Waals surface area contributed by atoms with Crippen LogP contribution in [0.3, 0.4) is 0 Å². The van der Waals surface area contributed by atoms with E-state index in [9.17, 15) is 0 Å². The summed E-state index contributed by atoms with van der Waals surface area (Å²) in [6.07, 6.45) is 3.54. The number of ether oxygens (including phenoxy) is 1. The average molecular weight is 464 g/mol. The lowest BCUT2D eigenvalue weighted by Gasteiger charge is -2.10. The lowest BCUT2D eigenvalue weighted by atomic mass is 10.1. The summed E-state index contributed by atoms with van der Waals surface area (Å²) in [5, 5.41) is 13.1. The van der Waals surface area contributed by atoms with Crippen LogP contribution in [0.2, 0.25) is 5.02 Å². The summed E-state index contributed by atoms with van der Waals surface area (Å²) in [4.78, 5) is 0. The van der Waals surface area contributed by atoms with E-state index >= 15 is 0 Å². The molecule has 4 nitrogen and oxygen atoms in total. The molecule has 164 valence electrons. The zero-order valence-electron chi connectivity index (χ0n) is 18.1. The molecule has 0 unspecified atom stereocenters. The first-order valence-corrected chi connectivity index (χ1v) is 12.0. The lowest BCUT2D eigenvalue weighted by molar-refractivity contribution is 0.307. The lowest BCUT2D eigenvalue weighted by Crippen LogP contribution is -2.07. The monoisotopic (exact) mass is 463 g/mol. The van der Waals surface area contributed by atoms with Crippen LogP contribution in [0.4, 0.5) is 0 Å². The predicted molar refractivity (Wildman–Crippen MR) is 134 cm³/mol. The summed E-state index contributed by atoms with van der Waals surface area (Å²) in [5.41, 5.74) is 2.34. The van der Waals surface area contributed by atoms with E-state index in [0.29, 0.717) is 13.2 Å². The van der Waals surface area contributed by atoms with E-state index in [1.165, 1.54) is 16.3 Å². The van der Waals surface area contributed by atoms with Crippen molar-refractivity contribution >= 4 is 34.1 Å².